The first-order chi connectivity index (χ1) is 11.2. The second-order valence-electron chi connectivity index (χ2n) is 6.29. The van der Waals surface area contributed by atoms with E-state index in [1.807, 2.05) is 6.92 Å². The van der Waals surface area contributed by atoms with Crippen LogP contribution in [0.4, 0.5) is 0 Å². The number of benzene rings is 1. The van der Waals surface area contributed by atoms with Gasteiger partial charge in [0.25, 0.3) is 0 Å². The maximum atomic E-state index is 12.4. The molecular weight excluding hydrogens is 328 g/mol. The number of nitrogens with zero attached hydrogens (tertiary/aromatic N) is 2. The summed E-state index contributed by atoms with van der Waals surface area (Å²) in [5.74, 6) is -0.0851. The lowest BCUT2D eigenvalue weighted by atomic mass is 10.1. The number of carbonyl (C=O) groups excluding carboxylic acids is 2. The first kappa shape index (κ1) is 18.4. The first-order valence-corrected chi connectivity index (χ1v) is 9.92. The minimum atomic E-state index is -3.23. The van der Waals surface area contributed by atoms with Crippen LogP contribution in [0.5, 0.6) is 0 Å². The van der Waals surface area contributed by atoms with Gasteiger partial charge in [-0.3, -0.25) is 9.59 Å². The van der Waals surface area contributed by atoms with E-state index in [-0.39, 0.29) is 29.3 Å². The summed E-state index contributed by atoms with van der Waals surface area (Å²) in [6, 6.07) is 6.33. The fraction of sp³-hybridized carbons (Fsp3) is 0.529. The van der Waals surface area contributed by atoms with Crippen LogP contribution in [0.15, 0.2) is 29.2 Å². The van der Waals surface area contributed by atoms with Gasteiger partial charge < -0.3 is 9.80 Å². The molecule has 132 valence electrons. The van der Waals surface area contributed by atoms with Gasteiger partial charge in [0, 0.05) is 26.3 Å². The molecule has 0 saturated carbocycles. The second-order valence-corrected chi connectivity index (χ2v) is 8.31. The van der Waals surface area contributed by atoms with Crippen molar-refractivity contribution in [3.63, 3.8) is 0 Å². The molecule has 0 aliphatic carbocycles. The SMILES string of the molecule is CC(c1ccc(S(C)(=O)=O)cc1)N(C)C(=O)CN1CCCCC1=O. The quantitative estimate of drug-likeness (QED) is 0.807. The Morgan fingerprint density at radius 2 is 1.88 bits per heavy atom. The summed E-state index contributed by atoms with van der Waals surface area (Å²) in [6.45, 7) is 2.61. The molecule has 2 amide bonds. The van der Waals surface area contributed by atoms with Gasteiger partial charge in [-0.25, -0.2) is 8.42 Å². The van der Waals surface area contributed by atoms with E-state index in [1.165, 1.54) is 0 Å². The molecule has 1 unspecified atom stereocenters. The number of likely N-dealkylation sites (tertiary alicyclic amines) is 1. The molecule has 1 aromatic rings. The Labute approximate surface area is 143 Å². The van der Waals surface area contributed by atoms with Gasteiger partial charge in [0.1, 0.15) is 0 Å². The van der Waals surface area contributed by atoms with E-state index >= 15 is 0 Å². The lowest BCUT2D eigenvalue weighted by molar-refractivity contribution is -0.142. The van der Waals surface area contributed by atoms with Crippen LogP contribution in [0.3, 0.4) is 0 Å². The topological polar surface area (TPSA) is 74.8 Å². The molecule has 6 nitrogen and oxygen atoms in total. The zero-order valence-electron chi connectivity index (χ0n) is 14.4. The zero-order chi connectivity index (χ0) is 17.9. The molecule has 7 heteroatoms. The molecule has 1 fully saturated rings. The molecule has 1 saturated heterocycles. The van der Waals surface area contributed by atoms with Gasteiger partial charge in [-0.1, -0.05) is 12.1 Å². The molecule has 0 radical (unpaired) electrons. The van der Waals surface area contributed by atoms with Crippen LogP contribution >= 0.6 is 0 Å². The summed E-state index contributed by atoms with van der Waals surface area (Å²) < 4.78 is 23.0. The molecule has 0 N–H and O–H groups in total. The Kier molecular flexibility index (Phi) is 5.64. The maximum absolute atomic E-state index is 12.4. The highest BCUT2D eigenvalue weighted by Crippen LogP contribution is 2.21. The van der Waals surface area contributed by atoms with Gasteiger partial charge in [-0.15, -0.1) is 0 Å². The fourth-order valence-corrected chi connectivity index (χ4v) is 3.37. The predicted molar refractivity (Wildman–Crippen MR) is 91.2 cm³/mol. The molecule has 1 heterocycles. The van der Waals surface area contributed by atoms with Crippen molar-refractivity contribution in [2.45, 2.75) is 37.1 Å². The van der Waals surface area contributed by atoms with E-state index in [0.717, 1.165) is 24.7 Å². The number of hydrogen-bond acceptors (Lipinski definition) is 4. The van der Waals surface area contributed by atoms with Gasteiger partial charge in [0.05, 0.1) is 17.5 Å². The predicted octanol–water partition coefficient (Wildman–Crippen LogP) is 1.62. The highest BCUT2D eigenvalue weighted by Gasteiger charge is 2.24. The Hall–Kier alpha value is -1.89. The fourth-order valence-electron chi connectivity index (χ4n) is 2.74. The number of likely N-dealkylation sites (N-methyl/N-ethyl adjacent to an activating group) is 1. The number of piperidine rings is 1. The third-order valence-electron chi connectivity index (χ3n) is 4.51. The van der Waals surface area contributed by atoms with Crippen LogP contribution in [0, 0.1) is 0 Å². The van der Waals surface area contributed by atoms with Crippen LogP contribution in [-0.4, -0.2) is 56.4 Å². The standard InChI is InChI=1S/C17H24N2O4S/c1-13(14-7-9-15(10-8-14)24(3,22)23)18(2)17(21)12-19-11-5-4-6-16(19)20/h7-10,13H,4-6,11-12H2,1-3H3. The van der Waals surface area contributed by atoms with Gasteiger partial charge in [-0.2, -0.15) is 0 Å². The van der Waals surface area contributed by atoms with E-state index in [9.17, 15) is 18.0 Å². The largest absolute Gasteiger partial charge is 0.337 e. The van der Waals surface area contributed by atoms with Crippen LogP contribution < -0.4 is 0 Å². The van der Waals surface area contributed by atoms with Crippen LogP contribution in [0.25, 0.3) is 0 Å². The minimum Gasteiger partial charge on any atom is -0.337 e. The molecule has 0 aromatic heterocycles. The lowest BCUT2D eigenvalue weighted by Gasteiger charge is -2.31. The van der Waals surface area contributed by atoms with Gasteiger partial charge in [-0.05, 0) is 37.5 Å². The van der Waals surface area contributed by atoms with Crippen molar-refractivity contribution >= 4 is 21.7 Å². The Morgan fingerprint density at radius 1 is 1.25 bits per heavy atom. The third-order valence-corrected chi connectivity index (χ3v) is 5.64. The molecule has 1 aliphatic rings. The molecule has 1 aromatic carbocycles. The Morgan fingerprint density at radius 3 is 2.42 bits per heavy atom. The third kappa shape index (κ3) is 4.35. The van der Waals surface area contributed by atoms with Gasteiger partial charge in [0.2, 0.25) is 11.8 Å². The normalized spacial score (nSPS) is 16.8. The van der Waals surface area contributed by atoms with Crippen molar-refractivity contribution < 1.29 is 18.0 Å². The molecule has 2 rings (SSSR count). The van der Waals surface area contributed by atoms with Crippen LogP contribution in [0.2, 0.25) is 0 Å². The van der Waals surface area contributed by atoms with E-state index in [0.29, 0.717) is 13.0 Å². The summed E-state index contributed by atoms with van der Waals surface area (Å²) in [7, 11) is -1.53. The van der Waals surface area contributed by atoms with E-state index in [1.54, 1.807) is 41.1 Å². The van der Waals surface area contributed by atoms with E-state index < -0.39 is 9.84 Å². The zero-order valence-corrected chi connectivity index (χ0v) is 15.2. The molecule has 0 bridgehead atoms. The highest BCUT2D eigenvalue weighted by molar-refractivity contribution is 7.90. The summed E-state index contributed by atoms with van der Waals surface area (Å²) >= 11 is 0. The Balaban J connectivity index is 2.04. The van der Waals surface area contributed by atoms with Gasteiger partial charge >= 0.3 is 0 Å². The van der Waals surface area contributed by atoms with Gasteiger partial charge in [0.15, 0.2) is 9.84 Å². The molecule has 0 spiro atoms. The average molecular weight is 352 g/mol. The van der Waals surface area contributed by atoms with Crippen LogP contribution in [-0.2, 0) is 19.4 Å². The average Bonchev–Trinajstić information content (AvgIpc) is 2.55. The van der Waals surface area contributed by atoms with E-state index in [2.05, 4.69) is 0 Å². The van der Waals surface area contributed by atoms with Crippen molar-refractivity contribution in [1.82, 2.24) is 9.80 Å². The van der Waals surface area contributed by atoms with Crippen LogP contribution in [0.1, 0.15) is 37.8 Å². The smallest absolute Gasteiger partial charge is 0.242 e. The summed E-state index contributed by atoms with van der Waals surface area (Å²) in [6.07, 6.45) is 3.50. The monoisotopic (exact) mass is 352 g/mol. The molecular formula is C17H24N2O4S. The number of hydrogen-bond donors (Lipinski definition) is 0. The molecule has 24 heavy (non-hydrogen) atoms. The summed E-state index contributed by atoms with van der Waals surface area (Å²) in [4.78, 5) is 27.7. The number of sulfone groups is 1. The maximum Gasteiger partial charge on any atom is 0.242 e. The number of rotatable bonds is 5. The minimum absolute atomic E-state index is 0.0353. The summed E-state index contributed by atoms with van der Waals surface area (Å²) in [5.41, 5.74) is 0.850. The second kappa shape index (κ2) is 7.34. The van der Waals surface area contributed by atoms with Crippen molar-refractivity contribution in [3.05, 3.63) is 29.8 Å². The lowest BCUT2D eigenvalue weighted by Crippen LogP contribution is -2.44. The molecule has 1 aliphatic heterocycles. The highest BCUT2D eigenvalue weighted by atomic mass is 32.2. The van der Waals surface area contributed by atoms with Crippen molar-refractivity contribution in [2.24, 2.45) is 0 Å². The van der Waals surface area contributed by atoms with Crippen molar-refractivity contribution in [1.29, 1.82) is 0 Å². The Bertz CT molecular complexity index is 713. The number of carbonyl (C=O) groups is 2. The number of amides is 2. The summed E-state index contributed by atoms with van der Waals surface area (Å²) in [5, 5.41) is 0. The van der Waals surface area contributed by atoms with Crippen molar-refractivity contribution in [3.8, 4) is 0 Å². The van der Waals surface area contributed by atoms with Crippen molar-refractivity contribution in [2.75, 3.05) is 26.4 Å². The van der Waals surface area contributed by atoms with E-state index in [4.69, 9.17) is 0 Å². The first-order valence-electron chi connectivity index (χ1n) is 8.03. The molecule has 1 atom stereocenters.